The topological polar surface area (TPSA) is 236 Å². The first-order valence-electron chi connectivity index (χ1n) is 5.85. The number of rotatable bonds is 11. The monoisotopic (exact) mass is 384 g/mol. The van der Waals surface area contributed by atoms with Crippen LogP contribution in [0.5, 0.6) is 0 Å². The van der Waals surface area contributed by atoms with Gasteiger partial charge >= 0.3 is 126 Å². The fourth-order valence-corrected chi connectivity index (χ4v) is 7.98. The molecule has 0 rings (SSSR count). The van der Waals surface area contributed by atoms with Crippen LogP contribution in [-0.2, 0) is 30.5 Å². The number of carboxylic acids is 4. The molecule has 0 saturated carbocycles. The molecule has 141 valence electrons. The summed E-state index contributed by atoms with van der Waals surface area (Å²) in [6, 6.07) is 0. The van der Waals surface area contributed by atoms with Gasteiger partial charge in [-0.05, 0) is 0 Å². The van der Waals surface area contributed by atoms with Crippen molar-refractivity contribution in [1.29, 1.82) is 0 Å². The van der Waals surface area contributed by atoms with Gasteiger partial charge in [-0.2, -0.15) is 0 Å². The Labute approximate surface area is 132 Å². The summed E-state index contributed by atoms with van der Waals surface area (Å²) in [5.74, 6) is -5.94. The van der Waals surface area contributed by atoms with Crippen molar-refractivity contribution in [3.63, 3.8) is 0 Å². The van der Waals surface area contributed by atoms with Gasteiger partial charge in [0, 0.05) is 0 Å². The molecule has 0 bridgehead atoms. The van der Waals surface area contributed by atoms with Crippen LogP contribution in [0.3, 0.4) is 0 Å². The second-order valence-corrected chi connectivity index (χ2v) is 11.2. The standard InChI is InChI=1S/C3H9N2.4C2H3O2.H3N.Ni/c4-2-1-3-5;4*1-2(3)4;;/h2H,1,3-5H2;4*1H2,(H,3,4);1H3;. The van der Waals surface area contributed by atoms with E-state index in [1.165, 1.54) is 0 Å². The minimum atomic E-state index is -4.23. The van der Waals surface area contributed by atoms with Crippen molar-refractivity contribution in [3.05, 3.63) is 0 Å². The van der Waals surface area contributed by atoms with E-state index in [1.807, 2.05) is 0 Å². The van der Waals surface area contributed by atoms with Crippen LogP contribution in [0.25, 0.3) is 0 Å². The number of carboxylic acid groups (broad SMARTS) is 4. The molecule has 23 heavy (non-hydrogen) atoms. The molecule has 0 fully saturated rings. The van der Waals surface area contributed by atoms with Crippen LogP contribution in [-0.4, -0.2) is 55.9 Å². The van der Waals surface area contributed by atoms with Gasteiger partial charge < -0.3 is 6.15 Å². The Bertz CT molecular complexity index is 408. The van der Waals surface area contributed by atoms with E-state index in [0.29, 0.717) is 0 Å². The Kier molecular flexibility index (Phi) is 8.97. The van der Waals surface area contributed by atoms with Crippen molar-refractivity contribution < 1.29 is 51.0 Å². The molecule has 0 aromatic heterocycles. The zero-order chi connectivity index (χ0) is 17.6. The van der Waals surface area contributed by atoms with Crippen molar-refractivity contribution in [2.45, 2.75) is 33.0 Å². The van der Waals surface area contributed by atoms with Gasteiger partial charge in [-0.25, -0.2) is 0 Å². The van der Waals surface area contributed by atoms with Crippen LogP contribution < -0.4 is 17.6 Å². The molecular weight excluding hydrogens is 361 g/mol. The second kappa shape index (κ2) is 8.77. The molecular formula is C11H24N3NiO8. The Morgan fingerprint density at radius 2 is 1.04 bits per heavy atom. The SMILES string of the molecule is N.NCC[CH](N)[Ni]([CH2]C(=O)O)([CH2]C(=O)O)([CH2]C(=O)O)[CH2]C(=O)O. The zero-order valence-corrected chi connectivity index (χ0v) is 13.4. The predicted octanol–water partition coefficient (Wildman–Crippen LogP) is -0.517. The van der Waals surface area contributed by atoms with E-state index in [-0.39, 0.29) is 19.1 Å². The molecule has 0 aliphatic rings. The number of nitrogens with two attached hydrogens (primary N) is 2. The molecule has 1 unspecified atom stereocenters. The third kappa shape index (κ3) is 6.10. The molecule has 0 amide bonds. The van der Waals surface area contributed by atoms with E-state index in [2.05, 4.69) is 0 Å². The summed E-state index contributed by atoms with van der Waals surface area (Å²) in [4.78, 5) is 44.9. The van der Waals surface area contributed by atoms with Crippen molar-refractivity contribution >= 4 is 23.9 Å². The molecule has 0 aromatic carbocycles. The zero-order valence-electron chi connectivity index (χ0n) is 12.4. The van der Waals surface area contributed by atoms with Crippen molar-refractivity contribution in [1.82, 2.24) is 6.15 Å². The molecule has 0 aromatic rings. The summed E-state index contributed by atoms with van der Waals surface area (Å²) >= 11 is -4.23. The van der Waals surface area contributed by atoms with Gasteiger partial charge in [0.2, 0.25) is 0 Å². The van der Waals surface area contributed by atoms with Crippen molar-refractivity contribution in [3.8, 4) is 0 Å². The minimum absolute atomic E-state index is 0. The number of aliphatic carboxylic acids is 4. The predicted molar refractivity (Wildman–Crippen MR) is 76.4 cm³/mol. The number of hydrogen-bond donors (Lipinski definition) is 7. The van der Waals surface area contributed by atoms with Gasteiger partial charge in [0.25, 0.3) is 0 Å². The van der Waals surface area contributed by atoms with Crippen molar-refractivity contribution in [2.75, 3.05) is 6.54 Å². The average molecular weight is 385 g/mol. The van der Waals surface area contributed by atoms with Gasteiger partial charge in [-0.1, -0.05) is 0 Å². The van der Waals surface area contributed by atoms with Gasteiger partial charge in [-0.15, -0.1) is 0 Å². The summed E-state index contributed by atoms with van der Waals surface area (Å²) in [6.45, 7) is -0.0476. The summed E-state index contributed by atoms with van der Waals surface area (Å²) in [5.41, 5.74) is 11.3. The first-order chi connectivity index (χ1) is 9.97. The van der Waals surface area contributed by atoms with E-state index in [1.54, 1.807) is 0 Å². The Balaban J connectivity index is 0. The number of hydrogen-bond acceptors (Lipinski definition) is 7. The molecule has 11 N–H and O–H groups in total. The Hall–Kier alpha value is -1.75. The third-order valence-electron chi connectivity index (χ3n) is 2.68. The van der Waals surface area contributed by atoms with Crippen LogP contribution in [0.15, 0.2) is 0 Å². The van der Waals surface area contributed by atoms with E-state index < -0.39 is 61.8 Å². The fraction of sp³-hybridized carbons (Fsp3) is 0.636. The van der Waals surface area contributed by atoms with Gasteiger partial charge in [0.15, 0.2) is 0 Å². The molecule has 12 heteroatoms. The molecule has 0 aliphatic heterocycles. The van der Waals surface area contributed by atoms with E-state index in [9.17, 15) is 19.2 Å². The van der Waals surface area contributed by atoms with Gasteiger partial charge in [-0.3, -0.25) is 0 Å². The summed E-state index contributed by atoms with van der Waals surface area (Å²) in [5, 5.41) is 31.8. The molecule has 0 heterocycles. The average Bonchev–Trinajstić information content (AvgIpc) is 2.24. The second-order valence-electron chi connectivity index (χ2n) is 4.53. The van der Waals surface area contributed by atoms with Crippen LogP contribution in [0.2, 0.25) is 21.6 Å². The van der Waals surface area contributed by atoms with Crippen LogP contribution in [0.4, 0.5) is 0 Å². The maximum atomic E-state index is 11.2. The first-order valence-corrected chi connectivity index (χ1v) is 9.22. The van der Waals surface area contributed by atoms with Crippen LogP contribution in [0, 0.1) is 0 Å². The molecule has 0 aliphatic carbocycles. The normalized spacial score (nSPS) is 13.9. The quantitative estimate of drug-likeness (QED) is 0.223. The maximum absolute atomic E-state index is 11.2. The molecule has 0 saturated heterocycles. The van der Waals surface area contributed by atoms with Crippen molar-refractivity contribution in [2.24, 2.45) is 11.5 Å². The van der Waals surface area contributed by atoms with Gasteiger partial charge in [0.05, 0.1) is 0 Å². The first kappa shape index (κ1) is 23.5. The summed E-state index contributed by atoms with van der Waals surface area (Å²) in [7, 11) is 0. The molecule has 11 nitrogen and oxygen atoms in total. The summed E-state index contributed by atoms with van der Waals surface area (Å²) in [6.07, 6.45) is -0.0628. The van der Waals surface area contributed by atoms with E-state index in [0.717, 1.165) is 0 Å². The molecule has 0 radical (unpaired) electrons. The van der Waals surface area contributed by atoms with E-state index in [4.69, 9.17) is 31.9 Å². The van der Waals surface area contributed by atoms with Crippen LogP contribution >= 0.6 is 0 Å². The Morgan fingerprint density at radius 1 is 0.783 bits per heavy atom. The third-order valence-corrected chi connectivity index (χ3v) is 10.00. The van der Waals surface area contributed by atoms with E-state index >= 15 is 0 Å². The summed E-state index contributed by atoms with van der Waals surface area (Å²) < 4.78 is 0. The fourth-order valence-electron chi connectivity index (χ4n) is 2.01. The number of carbonyl (C=O) groups is 4. The Morgan fingerprint density at radius 3 is 1.22 bits per heavy atom. The van der Waals surface area contributed by atoms with Crippen LogP contribution in [0.1, 0.15) is 6.42 Å². The van der Waals surface area contributed by atoms with Gasteiger partial charge in [0.1, 0.15) is 0 Å². The molecule has 0 spiro atoms. The molecule has 1 atom stereocenters.